The SMILES string of the molecule is COc1cccc(C(N)C2CCOC3(CCC3)C2)c1OC. The maximum atomic E-state index is 6.58. The molecule has 4 nitrogen and oxygen atoms in total. The number of nitrogens with two attached hydrogens (primary N) is 1. The molecule has 2 N–H and O–H groups in total. The van der Waals surface area contributed by atoms with E-state index in [9.17, 15) is 0 Å². The Kier molecular flexibility index (Phi) is 4.09. The molecule has 2 fully saturated rings. The summed E-state index contributed by atoms with van der Waals surface area (Å²) in [5, 5.41) is 0. The van der Waals surface area contributed by atoms with Gasteiger partial charge >= 0.3 is 0 Å². The molecule has 1 saturated heterocycles. The normalized spacial score (nSPS) is 25.2. The van der Waals surface area contributed by atoms with Gasteiger partial charge in [0.25, 0.3) is 0 Å². The Morgan fingerprint density at radius 3 is 2.71 bits per heavy atom. The van der Waals surface area contributed by atoms with Crippen molar-refractivity contribution in [2.75, 3.05) is 20.8 Å². The fourth-order valence-corrected chi connectivity index (χ4v) is 3.72. The lowest BCUT2D eigenvalue weighted by atomic mass is 9.70. The fraction of sp³-hybridized carbons (Fsp3) is 0.647. The summed E-state index contributed by atoms with van der Waals surface area (Å²) in [6.07, 6.45) is 5.74. The highest BCUT2D eigenvalue weighted by Gasteiger charge is 2.44. The maximum Gasteiger partial charge on any atom is 0.165 e. The van der Waals surface area contributed by atoms with E-state index in [0.29, 0.717) is 5.92 Å². The average molecular weight is 291 g/mol. The summed E-state index contributed by atoms with van der Waals surface area (Å²) in [5.41, 5.74) is 7.74. The molecule has 2 aliphatic rings. The lowest BCUT2D eigenvalue weighted by Gasteiger charge is -2.48. The third kappa shape index (κ3) is 2.62. The molecule has 1 aromatic rings. The van der Waals surface area contributed by atoms with Crippen LogP contribution < -0.4 is 15.2 Å². The largest absolute Gasteiger partial charge is 0.493 e. The summed E-state index contributed by atoms with van der Waals surface area (Å²) in [7, 11) is 3.33. The molecule has 1 aromatic carbocycles. The number of hydrogen-bond donors (Lipinski definition) is 1. The number of hydrogen-bond acceptors (Lipinski definition) is 4. The van der Waals surface area contributed by atoms with Crippen LogP contribution in [0.1, 0.15) is 43.7 Å². The van der Waals surface area contributed by atoms with Gasteiger partial charge in [0.05, 0.1) is 19.8 Å². The van der Waals surface area contributed by atoms with Crippen molar-refractivity contribution in [2.45, 2.75) is 43.7 Å². The second-order valence-electron chi connectivity index (χ2n) is 6.25. The molecule has 4 heteroatoms. The number of rotatable bonds is 4. The Hall–Kier alpha value is -1.26. The lowest BCUT2D eigenvalue weighted by molar-refractivity contribution is -0.146. The number of methoxy groups -OCH3 is 2. The van der Waals surface area contributed by atoms with E-state index in [-0.39, 0.29) is 11.6 Å². The standard InChI is InChI=1S/C17H25NO3/c1-19-14-6-3-5-13(16(14)20-2)15(18)12-7-10-21-17(11-12)8-4-9-17/h3,5-6,12,15H,4,7-11,18H2,1-2H3. The van der Waals surface area contributed by atoms with E-state index in [1.54, 1.807) is 14.2 Å². The van der Waals surface area contributed by atoms with Crippen molar-refractivity contribution in [3.63, 3.8) is 0 Å². The Morgan fingerprint density at radius 2 is 2.10 bits per heavy atom. The van der Waals surface area contributed by atoms with Crippen molar-refractivity contribution in [3.05, 3.63) is 23.8 Å². The Balaban J connectivity index is 1.82. The zero-order chi connectivity index (χ0) is 14.9. The van der Waals surface area contributed by atoms with Crippen molar-refractivity contribution in [1.29, 1.82) is 0 Å². The van der Waals surface area contributed by atoms with Crippen LogP contribution in [0, 0.1) is 5.92 Å². The molecule has 0 amide bonds. The molecule has 3 rings (SSSR count). The Labute approximate surface area is 126 Å². The van der Waals surface area contributed by atoms with Crippen LogP contribution in [-0.2, 0) is 4.74 Å². The molecule has 1 aliphatic heterocycles. The molecule has 1 aliphatic carbocycles. The molecule has 0 bridgehead atoms. The van der Waals surface area contributed by atoms with Crippen molar-refractivity contribution >= 4 is 0 Å². The van der Waals surface area contributed by atoms with Gasteiger partial charge in [-0.3, -0.25) is 0 Å². The van der Waals surface area contributed by atoms with Gasteiger partial charge in [0, 0.05) is 18.2 Å². The minimum atomic E-state index is -0.0311. The van der Waals surface area contributed by atoms with Gasteiger partial charge in [-0.25, -0.2) is 0 Å². The van der Waals surface area contributed by atoms with Gasteiger partial charge < -0.3 is 19.9 Å². The molecule has 2 atom stereocenters. The molecule has 1 saturated carbocycles. The minimum absolute atomic E-state index is 0.0311. The van der Waals surface area contributed by atoms with Crippen molar-refractivity contribution < 1.29 is 14.2 Å². The van der Waals surface area contributed by atoms with E-state index in [4.69, 9.17) is 19.9 Å². The molecule has 21 heavy (non-hydrogen) atoms. The third-order valence-corrected chi connectivity index (χ3v) is 5.10. The lowest BCUT2D eigenvalue weighted by Crippen LogP contribution is -2.47. The van der Waals surface area contributed by atoms with Gasteiger partial charge in [0.15, 0.2) is 11.5 Å². The van der Waals surface area contributed by atoms with Crippen LogP contribution in [0.15, 0.2) is 18.2 Å². The summed E-state index contributed by atoms with van der Waals surface area (Å²) >= 11 is 0. The van der Waals surface area contributed by atoms with E-state index >= 15 is 0 Å². The van der Waals surface area contributed by atoms with E-state index in [0.717, 1.165) is 36.5 Å². The molecular weight excluding hydrogens is 266 g/mol. The summed E-state index contributed by atoms with van der Waals surface area (Å²) in [6.45, 7) is 0.824. The first-order valence-electron chi connectivity index (χ1n) is 7.79. The van der Waals surface area contributed by atoms with Crippen LogP contribution in [0.4, 0.5) is 0 Å². The molecule has 1 spiro atoms. The van der Waals surface area contributed by atoms with Crippen LogP contribution in [0.25, 0.3) is 0 Å². The van der Waals surface area contributed by atoms with Crippen molar-refractivity contribution in [2.24, 2.45) is 11.7 Å². The van der Waals surface area contributed by atoms with E-state index in [1.807, 2.05) is 12.1 Å². The van der Waals surface area contributed by atoms with Crippen molar-refractivity contribution in [3.8, 4) is 11.5 Å². The van der Waals surface area contributed by atoms with Gasteiger partial charge in [-0.15, -0.1) is 0 Å². The van der Waals surface area contributed by atoms with Crippen LogP contribution >= 0.6 is 0 Å². The summed E-state index contributed by atoms with van der Waals surface area (Å²) in [5.74, 6) is 1.96. The third-order valence-electron chi connectivity index (χ3n) is 5.10. The molecule has 0 radical (unpaired) electrons. The van der Waals surface area contributed by atoms with E-state index < -0.39 is 0 Å². The molecule has 116 valence electrons. The maximum absolute atomic E-state index is 6.58. The minimum Gasteiger partial charge on any atom is -0.493 e. The predicted molar refractivity (Wildman–Crippen MR) is 81.7 cm³/mol. The predicted octanol–water partition coefficient (Wildman–Crippen LogP) is 3.05. The topological polar surface area (TPSA) is 53.7 Å². The zero-order valence-electron chi connectivity index (χ0n) is 12.9. The molecule has 1 heterocycles. The first-order valence-corrected chi connectivity index (χ1v) is 7.79. The van der Waals surface area contributed by atoms with E-state index in [1.165, 1.54) is 19.3 Å². The number of para-hydroxylation sites is 1. The highest BCUT2D eigenvalue weighted by Crippen LogP contribution is 2.48. The van der Waals surface area contributed by atoms with Crippen LogP contribution in [0.3, 0.4) is 0 Å². The number of benzene rings is 1. The summed E-state index contributed by atoms with van der Waals surface area (Å²) in [4.78, 5) is 0. The first kappa shape index (κ1) is 14.7. The average Bonchev–Trinajstić information content (AvgIpc) is 2.51. The quantitative estimate of drug-likeness (QED) is 0.926. The highest BCUT2D eigenvalue weighted by atomic mass is 16.5. The first-order chi connectivity index (χ1) is 10.2. The van der Waals surface area contributed by atoms with E-state index in [2.05, 4.69) is 6.07 Å². The summed E-state index contributed by atoms with van der Waals surface area (Å²) < 4.78 is 16.9. The second-order valence-corrected chi connectivity index (χ2v) is 6.25. The van der Waals surface area contributed by atoms with Gasteiger partial charge in [0.1, 0.15) is 0 Å². The van der Waals surface area contributed by atoms with Crippen LogP contribution in [-0.4, -0.2) is 26.4 Å². The molecule has 2 unspecified atom stereocenters. The second kappa shape index (κ2) is 5.85. The van der Waals surface area contributed by atoms with Gasteiger partial charge in [0.2, 0.25) is 0 Å². The van der Waals surface area contributed by atoms with Crippen molar-refractivity contribution in [1.82, 2.24) is 0 Å². The molecular formula is C17H25NO3. The smallest absolute Gasteiger partial charge is 0.165 e. The van der Waals surface area contributed by atoms with Crippen LogP contribution in [0.5, 0.6) is 11.5 Å². The molecule has 0 aromatic heterocycles. The Bertz CT molecular complexity index is 499. The van der Waals surface area contributed by atoms with Gasteiger partial charge in [-0.1, -0.05) is 12.1 Å². The zero-order valence-corrected chi connectivity index (χ0v) is 12.9. The van der Waals surface area contributed by atoms with Gasteiger partial charge in [-0.2, -0.15) is 0 Å². The van der Waals surface area contributed by atoms with Gasteiger partial charge in [-0.05, 0) is 44.1 Å². The summed E-state index contributed by atoms with van der Waals surface area (Å²) in [6, 6.07) is 5.91. The number of ether oxygens (including phenoxy) is 3. The Morgan fingerprint density at radius 1 is 1.29 bits per heavy atom. The highest BCUT2D eigenvalue weighted by molar-refractivity contribution is 5.48. The van der Waals surface area contributed by atoms with Crippen LogP contribution in [0.2, 0.25) is 0 Å². The monoisotopic (exact) mass is 291 g/mol. The fourth-order valence-electron chi connectivity index (χ4n) is 3.72.